The van der Waals surface area contributed by atoms with Gasteiger partial charge in [0.1, 0.15) is 17.2 Å². The number of benzene rings is 1. The molecule has 29 heavy (non-hydrogen) atoms. The van der Waals surface area contributed by atoms with Crippen LogP contribution in [0, 0.1) is 10.1 Å². The molecule has 0 aliphatic heterocycles. The Morgan fingerprint density at radius 3 is 1.97 bits per heavy atom. The molecule has 1 aromatic rings. The Labute approximate surface area is 169 Å². The highest BCUT2D eigenvalue weighted by Crippen LogP contribution is 2.16. The Kier molecular flexibility index (Phi) is 7.70. The topological polar surface area (TPSA) is 137 Å². The number of rotatable bonds is 6. The molecule has 10 heteroatoms. The number of hydrogen-bond donors (Lipinski definition) is 2. The molecule has 0 heterocycles. The molecule has 0 aliphatic rings. The van der Waals surface area contributed by atoms with Crippen molar-refractivity contribution in [2.24, 2.45) is 0 Å². The second-order valence-electron chi connectivity index (χ2n) is 8.29. The Bertz CT molecular complexity index is 761. The van der Waals surface area contributed by atoms with Crippen molar-refractivity contribution >= 4 is 29.3 Å². The summed E-state index contributed by atoms with van der Waals surface area (Å²) < 4.78 is 10.4. The predicted octanol–water partition coefficient (Wildman–Crippen LogP) is 3.16. The van der Waals surface area contributed by atoms with Crippen LogP contribution in [0.5, 0.6) is 0 Å². The number of ether oxygens (including phenoxy) is 2. The number of nitro groups is 1. The second-order valence-corrected chi connectivity index (χ2v) is 8.29. The van der Waals surface area contributed by atoms with E-state index in [0.29, 0.717) is 5.69 Å². The summed E-state index contributed by atoms with van der Waals surface area (Å²) in [5.41, 5.74) is -1.43. The van der Waals surface area contributed by atoms with Gasteiger partial charge in [-0.2, -0.15) is 0 Å². The van der Waals surface area contributed by atoms with Crippen molar-refractivity contribution in [3.8, 4) is 0 Å². The van der Waals surface area contributed by atoms with E-state index in [-0.39, 0.29) is 5.69 Å². The highest BCUT2D eigenvalue weighted by atomic mass is 16.6. The summed E-state index contributed by atoms with van der Waals surface area (Å²) in [6.45, 7) is 9.97. The van der Waals surface area contributed by atoms with Crippen LogP contribution in [0.25, 0.3) is 0 Å². The summed E-state index contributed by atoms with van der Waals surface area (Å²) in [6.07, 6.45) is -1.28. The van der Waals surface area contributed by atoms with Crippen LogP contribution in [0.3, 0.4) is 0 Å². The number of carbonyl (C=O) groups excluding carboxylic acids is 3. The normalized spacial score (nSPS) is 12.5. The van der Waals surface area contributed by atoms with Gasteiger partial charge in [-0.05, 0) is 53.7 Å². The van der Waals surface area contributed by atoms with Crippen LogP contribution in [0.15, 0.2) is 24.3 Å². The molecular formula is C19H27N3O7. The van der Waals surface area contributed by atoms with Gasteiger partial charge < -0.3 is 20.1 Å². The van der Waals surface area contributed by atoms with Crippen LogP contribution in [0.2, 0.25) is 0 Å². The van der Waals surface area contributed by atoms with Crippen LogP contribution in [-0.4, -0.2) is 40.1 Å². The number of carbonyl (C=O) groups is 3. The second kappa shape index (κ2) is 9.35. The van der Waals surface area contributed by atoms with Crippen molar-refractivity contribution in [1.82, 2.24) is 5.32 Å². The van der Waals surface area contributed by atoms with E-state index in [1.807, 2.05) is 0 Å². The van der Waals surface area contributed by atoms with Crippen molar-refractivity contribution in [2.45, 2.75) is 65.2 Å². The van der Waals surface area contributed by atoms with Gasteiger partial charge in [-0.3, -0.25) is 14.9 Å². The molecule has 160 valence electrons. The van der Waals surface area contributed by atoms with E-state index >= 15 is 0 Å². The zero-order valence-corrected chi connectivity index (χ0v) is 17.4. The number of nitro benzene ring substituents is 1. The zero-order valence-electron chi connectivity index (χ0n) is 17.4. The minimum Gasteiger partial charge on any atom is -0.458 e. The van der Waals surface area contributed by atoms with E-state index in [1.54, 1.807) is 41.5 Å². The number of esters is 1. The SMILES string of the molecule is CC(C)(C)OC(=O)N[C@@H](CC(=O)Nc1ccc([N+](=O)[O-])cc1)C(=O)OC(C)(C)C. The Morgan fingerprint density at radius 1 is 1.00 bits per heavy atom. The van der Waals surface area contributed by atoms with Gasteiger partial charge in [0, 0.05) is 17.8 Å². The maximum Gasteiger partial charge on any atom is 0.408 e. The summed E-state index contributed by atoms with van der Waals surface area (Å²) in [5, 5.41) is 15.6. The highest BCUT2D eigenvalue weighted by molar-refractivity contribution is 5.95. The molecule has 0 saturated heterocycles. The molecule has 0 saturated carbocycles. The smallest absolute Gasteiger partial charge is 0.408 e. The third-order valence-electron chi connectivity index (χ3n) is 3.13. The molecular weight excluding hydrogens is 382 g/mol. The van der Waals surface area contributed by atoms with Gasteiger partial charge in [0.15, 0.2) is 0 Å². The van der Waals surface area contributed by atoms with Gasteiger partial charge in [-0.1, -0.05) is 0 Å². The minimum atomic E-state index is -1.28. The number of nitrogens with zero attached hydrogens (tertiary/aromatic N) is 1. The Balaban J connectivity index is 2.85. The molecule has 1 rings (SSSR count). The van der Waals surface area contributed by atoms with Crippen LogP contribution >= 0.6 is 0 Å². The van der Waals surface area contributed by atoms with Gasteiger partial charge in [0.2, 0.25) is 5.91 Å². The molecule has 1 atom stereocenters. The molecule has 0 unspecified atom stereocenters. The van der Waals surface area contributed by atoms with Crippen molar-refractivity contribution in [3.63, 3.8) is 0 Å². The molecule has 0 fully saturated rings. The largest absolute Gasteiger partial charge is 0.458 e. The van der Waals surface area contributed by atoms with Crippen molar-refractivity contribution in [3.05, 3.63) is 34.4 Å². The average Bonchev–Trinajstić information content (AvgIpc) is 2.51. The molecule has 0 aliphatic carbocycles. The molecule has 2 N–H and O–H groups in total. The third-order valence-corrected chi connectivity index (χ3v) is 3.13. The molecule has 0 aromatic heterocycles. The lowest BCUT2D eigenvalue weighted by atomic mass is 10.1. The lowest BCUT2D eigenvalue weighted by molar-refractivity contribution is -0.384. The van der Waals surface area contributed by atoms with E-state index < -0.39 is 46.6 Å². The van der Waals surface area contributed by atoms with Crippen LogP contribution in [-0.2, 0) is 19.1 Å². The Morgan fingerprint density at radius 2 is 1.52 bits per heavy atom. The first-order valence-electron chi connectivity index (χ1n) is 8.93. The van der Waals surface area contributed by atoms with E-state index in [1.165, 1.54) is 24.3 Å². The predicted molar refractivity (Wildman–Crippen MR) is 105 cm³/mol. The first-order chi connectivity index (χ1) is 13.2. The fourth-order valence-electron chi connectivity index (χ4n) is 2.08. The van der Waals surface area contributed by atoms with Crippen molar-refractivity contribution in [2.75, 3.05) is 5.32 Å². The quantitative estimate of drug-likeness (QED) is 0.418. The van der Waals surface area contributed by atoms with Gasteiger partial charge in [0.25, 0.3) is 5.69 Å². The molecule has 0 bridgehead atoms. The van der Waals surface area contributed by atoms with Crippen LogP contribution in [0.4, 0.5) is 16.2 Å². The number of alkyl carbamates (subject to hydrolysis) is 1. The zero-order chi connectivity index (χ0) is 22.4. The summed E-state index contributed by atoms with van der Waals surface area (Å²) in [6, 6.07) is 3.92. The number of amides is 2. The van der Waals surface area contributed by atoms with Gasteiger partial charge in [0.05, 0.1) is 11.3 Å². The van der Waals surface area contributed by atoms with Crippen molar-refractivity contribution in [1.29, 1.82) is 0 Å². The van der Waals surface area contributed by atoms with E-state index in [4.69, 9.17) is 9.47 Å². The van der Waals surface area contributed by atoms with Crippen molar-refractivity contribution < 1.29 is 28.8 Å². The number of nitrogens with one attached hydrogen (secondary N) is 2. The van der Waals surface area contributed by atoms with E-state index in [9.17, 15) is 24.5 Å². The standard InChI is InChI=1S/C19H27N3O7/c1-18(2,3)28-16(24)14(21-17(25)29-19(4,5)6)11-15(23)20-12-7-9-13(10-8-12)22(26)27/h7-10,14H,11H2,1-6H3,(H,20,23)(H,21,25)/t14-/m0/s1. The fraction of sp³-hybridized carbons (Fsp3) is 0.526. The molecule has 0 spiro atoms. The molecule has 1 aromatic carbocycles. The highest BCUT2D eigenvalue weighted by Gasteiger charge is 2.30. The first-order valence-corrected chi connectivity index (χ1v) is 8.93. The lowest BCUT2D eigenvalue weighted by Crippen LogP contribution is -2.47. The van der Waals surface area contributed by atoms with Crippen LogP contribution < -0.4 is 10.6 Å². The average molecular weight is 409 g/mol. The third kappa shape index (κ3) is 9.54. The summed E-state index contributed by atoms with van der Waals surface area (Å²) in [4.78, 5) is 46.9. The maximum atomic E-state index is 12.4. The maximum absolute atomic E-state index is 12.4. The number of anilines is 1. The monoisotopic (exact) mass is 409 g/mol. The number of hydrogen-bond acceptors (Lipinski definition) is 7. The molecule has 0 radical (unpaired) electrons. The first kappa shape index (κ1) is 23.9. The van der Waals surface area contributed by atoms with Gasteiger partial charge in [-0.25, -0.2) is 9.59 Å². The fourth-order valence-corrected chi connectivity index (χ4v) is 2.08. The summed E-state index contributed by atoms with van der Waals surface area (Å²) >= 11 is 0. The van der Waals surface area contributed by atoms with Gasteiger partial charge >= 0.3 is 12.1 Å². The van der Waals surface area contributed by atoms with Gasteiger partial charge in [-0.15, -0.1) is 0 Å². The van der Waals surface area contributed by atoms with E-state index in [0.717, 1.165) is 0 Å². The van der Waals surface area contributed by atoms with Crippen LogP contribution in [0.1, 0.15) is 48.0 Å². The molecule has 2 amide bonds. The summed E-state index contributed by atoms with van der Waals surface area (Å²) in [7, 11) is 0. The summed E-state index contributed by atoms with van der Waals surface area (Å²) in [5.74, 6) is -1.38. The minimum absolute atomic E-state index is 0.124. The Hall–Kier alpha value is -3.17. The lowest BCUT2D eigenvalue weighted by Gasteiger charge is -2.26. The molecule has 10 nitrogen and oxygen atoms in total. The van der Waals surface area contributed by atoms with E-state index in [2.05, 4.69) is 10.6 Å². The number of non-ortho nitro benzene ring substituents is 1.